The van der Waals surface area contributed by atoms with Crippen LogP contribution in [0.2, 0.25) is 5.02 Å². The summed E-state index contributed by atoms with van der Waals surface area (Å²) in [6.07, 6.45) is 0. The van der Waals surface area contributed by atoms with Crippen LogP contribution in [0.4, 0.5) is 0 Å². The van der Waals surface area contributed by atoms with E-state index in [4.69, 9.17) is 21.1 Å². The Hall–Kier alpha value is -2.08. The van der Waals surface area contributed by atoms with E-state index >= 15 is 0 Å². The van der Waals surface area contributed by atoms with Gasteiger partial charge in [0.15, 0.2) is 6.61 Å². The van der Waals surface area contributed by atoms with E-state index in [0.29, 0.717) is 10.8 Å². The van der Waals surface area contributed by atoms with E-state index in [9.17, 15) is 4.79 Å². The Balaban J connectivity index is 1.61. The molecule has 1 heterocycles. The molecule has 0 saturated carbocycles. The third kappa shape index (κ3) is 5.46. The number of rotatable bonds is 7. The number of ether oxygens (including phenoxy) is 2. The molecule has 1 aliphatic heterocycles. The van der Waals surface area contributed by atoms with E-state index in [0.717, 1.165) is 38.4 Å². The maximum Gasteiger partial charge on any atom is 0.258 e. The van der Waals surface area contributed by atoms with Crippen LogP contribution in [0.3, 0.4) is 0 Å². The maximum absolute atomic E-state index is 12.4. The van der Waals surface area contributed by atoms with Crippen LogP contribution in [0.25, 0.3) is 0 Å². The summed E-state index contributed by atoms with van der Waals surface area (Å²) in [6, 6.07) is 17.1. The Bertz CT molecular complexity index is 705. The Morgan fingerprint density at radius 2 is 1.81 bits per heavy atom. The lowest BCUT2D eigenvalue weighted by molar-refractivity contribution is -0.909. The quantitative estimate of drug-likeness (QED) is 0.771. The highest BCUT2D eigenvalue weighted by Crippen LogP contribution is 2.22. The van der Waals surface area contributed by atoms with Crippen LogP contribution >= 0.6 is 11.6 Å². The van der Waals surface area contributed by atoms with Crippen molar-refractivity contribution < 1.29 is 19.2 Å². The molecule has 0 aliphatic carbocycles. The SMILES string of the molecule is O=C(COc1ccccc1Cl)N[C@H](C[NH+]1CCOCC1)c1ccccc1. The monoisotopic (exact) mass is 375 g/mol. The summed E-state index contributed by atoms with van der Waals surface area (Å²) < 4.78 is 11.0. The van der Waals surface area contributed by atoms with Crippen LogP contribution in [0.1, 0.15) is 11.6 Å². The highest BCUT2D eigenvalue weighted by atomic mass is 35.5. The van der Waals surface area contributed by atoms with Crippen LogP contribution in [0.5, 0.6) is 5.75 Å². The molecule has 0 radical (unpaired) electrons. The molecular formula is C20H24ClN2O3+. The number of quaternary nitrogens is 1. The van der Waals surface area contributed by atoms with Crippen molar-refractivity contribution in [3.63, 3.8) is 0 Å². The summed E-state index contributed by atoms with van der Waals surface area (Å²) in [5, 5.41) is 3.60. The summed E-state index contributed by atoms with van der Waals surface area (Å²) in [4.78, 5) is 13.9. The minimum Gasteiger partial charge on any atom is -0.482 e. The molecule has 5 nitrogen and oxygen atoms in total. The van der Waals surface area contributed by atoms with Gasteiger partial charge in [-0.15, -0.1) is 0 Å². The Morgan fingerprint density at radius 1 is 1.12 bits per heavy atom. The van der Waals surface area contributed by atoms with Crippen molar-refractivity contribution in [2.24, 2.45) is 0 Å². The average molecular weight is 376 g/mol. The molecule has 3 rings (SSSR count). The molecule has 6 heteroatoms. The first-order chi connectivity index (χ1) is 12.7. The van der Waals surface area contributed by atoms with Crippen LogP contribution in [0, 0.1) is 0 Å². The molecule has 0 bridgehead atoms. The lowest BCUT2D eigenvalue weighted by Crippen LogP contribution is -3.14. The van der Waals surface area contributed by atoms with Gasteiger partial charge in [0.2, 0.25) is 0 Å². The summed E-state index contributed by atoms with van der Waals surface area (Å²) in [7, 11) is 0. The van der Waals surface area contributed by atoms with Crippen molar-refractivity contribution in [1.82, 2.24) is 5.32 Å². The molecule has 1 amide bonds. The van der Waals surface area contributed by atoms with Gasteiger partial charge in [-0.05, 0) is 17.7 Å². The van der Waals surface area contributed by atoms with Gasteiger partial charge in [0.1, 0.15) is 31.4 Å². The Labute approximate surface area is 158 Å². The lowest BCUT2D eigenvalue weighted by Gasteiger charge is -2.28. The number of hydrogen-bond acceptors (Lipinski definition) is 3. The Morgan fingerprint density at radius 3 is 2.54 bits per heavy atom. The fraction of sp³-hybridized carbons (Fsp3) is 0.350. The fourth-order valence-corrected chi connectivity index (χ4v) is 3.22. The van der Waals surface area contributed by atoms with Gasteiger partial charge in [-0.25, -0.2) is 0 Å². The summed E-state index contributed by atoms with van der Waals surface area (Å²) in [5.41, 5.74) is 1.09. The molecule has 1 aliphatic rings. The normalized spacial score (nSPS) is 16.0. The second kappa shape index (κ2) is 9.57. The molecule has 1 atom stereocenters. The number of amides is 1. The van der Waals surface area contributed by atoms with Gasteiger partial charge in [0.05, 0.1) is 18.2 Å². The average Bonchev–Trinajstić information content (AvgIpc) is 2.68. The van der Waals surface area contributed by atoms with Crippen LogP contribution < -0.4 is 15.0 Å². The van der Waals surface area contributed by atoms with Crippen molar-refractivity contribution in [2.75, 3.05) is 39.5 Å². The van der Waals surface area contributed by atoms with E-state index in [1.807, 2.05) is 42.5 Å². The molecule has 138 valence electrons. The zero-order chi connectivity index (χ0) is 18.2. The molecule has 1 fully saturated rings. The minimum absolute atomic E-state index is 0.0633. The first kappa shape index (κ1) is 18.7. The summed E-state index contributed by atoms with van der Waals surface area (Å²) >= 11 is 6.07. The summed E-state index contributed by atoms with van der Waals surface area (Å²) in [6.45, 7) is 4.20. The zero-order valence-corrected chi connectivity index (χ0v) is 15.4. The van der Waals surface area contributed by atoms with Crippen molar-refractivity contribution in [3.05, 3.63) is 65.2 Å². The van der Waals surface area contributed by atoms with E-state index in [1.54, 1.807) is 12.1 Å². The smallest absolute Gasteiger partial charge is 0.258 e. The number of nitrogens with one attached hydrogen (secondary N) is 2. The topological polar surface area (TPSA) is 52.0 Å². The van der Waals surface area contributed by atoms with E-state index in [2.05, 4.69) is 5.32 Å². The second-order valence-electron chi connectivity index (χ2n) is 6.32. The van der Waals surface area contributed by atoms with Crippen molar-refractivity contribution in [2.45, 2.75) is 6.04 Å². The molecule has 26 heavy (non-hydrogen) atoms. The molecule has 2 aromatic rings. The lowest BCUT2D eigenvalue weighted by atomic mass is 10.1. The van der Waals surface area contributed by atoms with Gasteiger partial charge in [0.25, 0.3) is 5.91 Å². The molecule has 2 aromatic carbocycles. The zero-order valence-electron chi connectivity index (χ0n) is 14.6. The van der Waals surface area contributed by atoms with E-state index < -0.39 is 0 Å². The predicted molar refractivity (Wildman–Crippen MR) is 101 cm³/mol. The van der Waals surface area contributed by atoms with Gasteiger partial charge < -0.3 is 19.7 Å². The van der Waals surface area contributed by atoms with Crippen LogP contribution in [-0.4, -0.2) is 45.4 Å². The Kier molecular flexibility index (Phi) is 6.89. The number of benzene rings is 2. The molecule has 2 N–H and O–H groups in total. The third-order valence-electron chi connectivity index (χ3n) is 4.43. The first-order valence-electron chi connectivity index (χ1n) is 8.85. The number of para-hydroxylation sites is 1. The van der Waals surface area contributed by atoms with Gasteiger partial charge in [-0.2, -0.15) is 0 Å². The third-order valence-corrected chi connectivity index (χ3v) is 4.74. The number of morpholine rings is 1. The molecule has 0 spiro atoms. The molecular weight excluding hydrogens is 352 g/mol. The van der Waals surface area contributed by atoms with Gasteiger partial charge >= 0.3 is 0 Å². The van der Waals surface area contributed by atoms with Gasteiger partial charge in [0, 0.05) is 0 Å². The van der Waals surface area contributed by atoms with Crippen molar-refractivity contribution in [3.8, 4) is 5.75 Å². The predicted octanol–water partition coefficient (Wildman–Crippen LogP) is 1.49. The number of carbonyl (C=O) groups is 1. The van der Waals surface area contributed by atoms with Crippen molar-refractivity contribution >= 4 is 17.5 Å². The molecule has 0 aromatic heterocycles. The van der Waals surface area contributed by atoms with Crippen LogP contribution in [-0.2, 0) is 9.53 Å². The number of hydrogen-bond donors (Lipinski definition) is 2. The molecule has 1 saturated heterocycles. The second-order valence-corrected chi connectivity index (χ2v) is 6.72. The van der Waals surface area contributed by atoms with Crippen LogP contribution in [0.15, 0.2) is 54.6 Å². The highest BCUT2D eigenvalue weighted by molar-refractivity contribution is 6.32. The fourth-order valence-electron chi connectivity index (χ4n) is 3.03. The maximum atomic E-state index is 12.4. The standard InChI is InChI=1S/C20H23ClN2O3/c21-17-8-4-5-9-19(17)26-15-20(24)22-18(16-6-2-1-3-7-16)14-23-10-12-25-13-11-23/h1-9,18H,10-15H2,(H,22,24)/p+1/t18-/m1/s1. The van der Waals surface area contributed by atoms with Gasteiger partial charge in [-0.3, -0.25) is 4.79 Å². The molecule has 0 unspecified atom stereocenters. The number of carbonyl (C=O) groups excluding carboxylic acids is 1. The van der Waals surface area contributed by atoms with E-state index in [1.165, 1.54) is 4.90 Å². The highest BCUT2D eigenvalue weighted by Gasteiger charge is 2.23. The minimum atomic E-state index is -0.161. The van der Waals surface area contributed by atoms with Crippen molar-refractivity contribution in [1.29, 1.82) is 0 Å². The number of halogens is 1. The summed E-state index contributed by atoms with van der Waals surface area (Å²) in [5.74, 6) is 0.353. The first-order valence-corrected chi connectivity index (χ1v) is 9.23. The van der Waals surface area contributed by atoms with E-state index in [-0.39, 0.29) is 18.6 Å². The van der Waals surface area contributed by atoms with Gasteiger partial charge in [-0.1, -0.05) is 54.1 Å². The largest absolute Gasteiger partial charge is 0.482 e.